The number of rotatable bonds is 7. The van der Waals surface area contributed by atoms with Gasteiger partial charge in [-0.1, -0.05) is 48.5 Å². The molecule has 4 aromatic rings. The molecule has 1 heterocycles. The average molecular weight is 462 g/mol. The van der Waals surface area contributed by atoms with E-state index in [4.69, 9.17) is 4.74 Å². The molecule has 0 radical (unpaired) electrons. The van der Waals surface area contributed by atoms with Crippen molar-refractivity contribution in [1.82, 2.24) is 20.6 Å². The fourth-order valence-corrected chi connectivity index (χ4v) is 3.16. The van der Waals surface area contributed by atoms with Crippen LogP contribution in [0.4, 0.5) is 18.9 Å². The van der Waals surface area contributed by atoms with Gasteiger partial charge in [0.05, 0.1) is 11.3 Å². The average Bonchev–Trinajstić information content (AvgIpc) is 3.36. The van der Waals surface area contributed by atoms with Crippen molar-refractivity contribution in [2.24, 2.45) is 0 Å². The Hall–Kier alpha value is -4.65. The molecule has 170 valence electrons. The summed E-state index contributed by atoms with van der Waals surface area (Å²) >= 11 is 0. The normalized spacial score (nSPS) is 11.6. The highest BCUT2D eigenvalue weighted by atomic mass is 19.4. The maximum Gasteiger partial charge on any atom is 0.416 e. The van der Waals surface area contributed by atoms with Gasteiger partial charge in [0.25, 0.3) is 0 Å². The van der Waals surface area contributed by atoms with Crippen LogP contribution in [0.15, 0.2) is 79.0 Å². The lowest BCUT2D eigenvalue weighted by Crippen LogP contribution is -2.06. The predicted octanol–water partition coefficient (Wildman–Crippen LogP) is 5.58. The lowest BCUT2D eigenvalue weighted by atomic mass is 10.0. The summed E-state index contributed by atoms with van der Waals surface area (Å²) in [6.07, 6.45) is -2.78. The van der Waals surface area contributed by atoms with Crippen molar-refractivity contribution >= 4 is 11.3 Å². The van der Waals surface area contributed by atoms with Crippen molar-refractivity contribution in [1.29, 1.82) is 5.26 Å². The van der Waals surface area contributed by atoms with Crippen LogP contribution in [-0.4, -0.2) is 20.6 Å². The Bertz CT molecular complexity index is 1330. The minimum Gasteiger partial charge on any atom is -0.455 e. The van der Waals surface area contributed by atoms with Crippen LogP contribution in [0, 0.1) is 11.3 Å². The van der Waals surface area contributed by atoms with Gasteiger partial charge in [0, 0.05) is 12.6 Å². The van der Waals surface area contributed by atoms with Crippen LogP contribution < -0.4 is 10.1 Å². The van der Waals surface area contributed by atoms with E-state index in [1.54, 1.807) is 12.1 Å². The second-order valence-electron chi connectivity index (χ2n) is 7.13. The Labute approximate surface area is 192 Å². The molecule has 0 saturated heterocycles. The monoisotopic (exact) mass is 462 g/mol. The molecule has 0 fully saturated rings. The third-order valence-electron chi connectivity index (χ3n) is 4.82. The first-order valence-electron chi connectivity index (χ1n) is 10.1. The molecule has 0 bridgehead atoms. The van der Waals surface area contributed by atoms with Gasteiger partial charge in [-0.05, 0) is 40.6 Å². The molecular formula is C24H17F3N6O. The Morgan fingerprint density at radius 2 is 1.79 bits per heavy atom. The molecule has 0 saturated carbocycles. The van der Waals surface area contributed by atoms with Crippen LogP contribution in [0.1, 0.15) is 22.5 Å². The van der Waals surface area contributed by atoms with Gasteiger partial charge in [0.1, 0.15) is 17.4 Å². The van der Waals surface area contributed by atoms with Crippen molar-refractivity contribution in [3.8, 4) is 17.6 Å². The Balaban J connectivity index is 1.68. The number of alkyl halides is 3. The van der Waals surface area contributed by atoms with Crippen molar-refractivity contribution in [3.05, 3.63) is 102 Å². The van der Waals surface area contributed by atoms with Gasteiger partial charge in [-0.3, -0.25) is 0 Å². The van der Waals surface area contributed by atoms with E-state index in [2.05, 4.69) is 25.9 Å². The fourth-order valence-electron chi connectivity index (χ4n) is 3.16. The van der Waals surface area contributed by atoms with Crippen molar-refractivity contribution in [2.75, 3.05) is 5.32 Å². The van der Waals surface area contributed by atoms with E-state index in [0.717, 1.165) is 23.3 Å². The number of nitrogens with zero attached hydrogens (tertiary/aromatic N) is 4. The number of aromatic amines is 1. The zero-order valence-corrected chi connectivity index (χ0v) is 17.5. The van der Waals surface area contributed by atoms with Crippen LogP contribution in [0.5, 0.6) is 11.5 Å². The molecule has 7 nitrogen and oxygen atoms in total. The highest BCUT2D eigenvalue weighted by Crippen LogP contribution is 2.38. The summed E-state index contributed by atoms with van der Waals surface area (Å²) in [7, 11) is 0. The molecule has 0 atom stereocenters. The maximum absolute atomic E-state index is 13.4. The van der Waals surface area contributed by atoms with Gasteiger partial charge in [-0.2, -0.15) is 23.6 Å². The third kappa shape index (κ3) is 5.39. The van der Waals surface area contributed by atoms with E-state index in [0.29, 0.717) is 12.2 Å². The number of H-pyrrole nitrogens is 1. The summed E-state index contributed by atoms with van der Waals surface area (Å²) in [4.78, 5) is 0. The quantitative estimate of drug-likeness (QED) is 0.348. The van der Waals surface area contributed by atoms with E-state index in [1.165, 1.54) is 12.3 Å². The van der Waals surface area contributed by atoms with Gasteiger partial charge in [-0.25, -0.2) is 0 Å². The predicted molar refractivity (Wildman–Crippen MR) is 119 cm³/mol. The number of benzene rings is 3. The summed E-state index contributed by atoms with van der Waals surface area (Å²) < 4.78 is 46.1. The van der Waals surface area contributed by atoms with Crippen LogP contribution in [-0.2, 0) is 12.6 Å². The van der Waals surface area contributed by atoms with E-state index >= 15 is 0 Å². The first-order chi connectivity index (χ1) is 16.4. The van der Waals surface area contributed by atoms with Gasteiger partial charge in [0.15, 0.2) is 5.75 Å². The summed E-state index contributed by atoms with van der Waals surface area (Å²) in [6, 6.07) is 22.0. The molecule has 0 aliphatic rings. The number of tetrazole rings is 1. The molecule has 0 spiro atoms. The topological polar surface area (TPSA) is 99.5 Å². The number of nitrogens with one attached hydrogen (secondary N) is 2. The standard InChI is InChI=1S/C24H17F3N6O/c25-24(26,27)19-10-11-22(20(13-19)29-15-18(14-28)23-30-32-33-31-23)34-21-9-5-4-8-17(21)12-16-6-2-1-3-7-16/h1-11,13,15,29H,12H2,(H,30,31,32,33). The number of para-hydroxylation sites is 1. The van der Waals surface area contributed by atoms with Crippen molar-refractivity contribution in [3.63, 3.8) is 0 Å². The fraction of sp³-hybridized carbons (Fsp3) is 0.0833. The van der Waals surface area contributed by atoms with Crippen molar-refractivity contribution in [2.45, 2.75) is 12.6 Å². The van der Waals surface area contributed by atoms with Gasteiger partial charge in [0.2, 0.25) is 5.82 Å². The van der Waals surface area contributed by atoms with Crippen LogP contribution >= 0.6 is 0 Å². The van der Waals surface area contributed by atoms with E-state index in [9.17, 15) is 18.4 Å². The lowest BCUT2D eigenvalue weighted by Gasteiger charge is -2.16. The lowest BCUT2D eigenvalue weighted by molar-refractivity contribution is -0.137. The van der Waals surface area contributed by atoms with Gasteiger partial charge in [-0.15, -0.1) is 10.2 Å². The second kappa shape index (κ2) is 9.87. The molecule has 3 aromatic carbocycles. The number of hydrogen-bond acceptors (Lipinski definition) is 6. The minimum absolute atomic E-state index is 0.00217. The summed E-state index contributed by atoms with van der Waals surface area (Å²) in [5, 5.41) is 25.1. The molecule has 0 unspecified atom stereocenters. The molecule has 4 rings (SSSR count). The number of anilines is 1. The summed E-state index contributed by atoms with van der Waals surface area (Å²) in [6.45, 7) is 0. The minimum atomic E-state index is -4.56. The molecule has 0 aliphatic heterocycles. The molecule has 34 heavy (non-hydrogen) atoms. The highest BCUT2D eigenvalue weighted by Gasteiger charge is 2.31. The molecule has 0 amide bonds. The van der Waals surface area contributed by atoms with Crippen molar-refractivity contribution < 1.29 is 17.9 Å². The Morgan fingerprint density at radius 1 is 1.03 bits per heavy atom. The first kappa shape index (κ1) is 22.5. The van der Waals surface area contributed by atoms with Gasteiger partial charge < -0.3 is 10.1 Å². The van der Waals surface area contributed by atoms with Crippen LogP contribution in [0.2, 0.25) is 0 Å². The van der Waals surface area contributed by atoms with E-state index in [1.807, 2.05) is 48.5 Å². The van der Waals surface area contributed by atoms with E-state index in [-0.39, 0.29) is 22.8 Å². The Kier molecular flexibility index (Phi) is 6.54. The second-order valence-corrected chi connectivity index (χ2v) is 7.13. The third-order valence-corrected chi connectivity index (χ3v) is 4.82. The Morgan fingerprint density at radius 3 is 2.50 bits per heavy atom. The molecule has 0 aliphatic carbocycles. The highest BCUT2D eigenvalue weighted by molar-refractivity contribution is 5.75. The SMILES string of the molecule is N#CC(=CNc1cc(C(F)(F)F)ccc1Oc1ccccc1Cc1ccccc1)c1nn[nH]n1. The van der Waals surface area contributed by atoms with Crippen LogP contribution in [0.3, 0.4) is 0 Å². The largest absolute Gasteiger partial charge is 0.455 e. The zero-order chi connectivity index (χ0) is 24.0. The number of halogens is 3. The summed E-state index contributed by atoms with van der Waals surface area (Å²) in [5.74, 6) is 0.643. The van der Waals surface area contributed by atoms with E-state index < -0.39 is 11.7 Å². The molecule has 1 aromatic heterocycles. The summed E-state index contributed by atoms with van der Waals surface area (Å²) in [5.41, 5.74) is 1.04. The van der Waals surface area contributed by atoms with Crippen LogP contribution in [0.25, 0.3) is 5.57 Å². The number of allylic oxidation sites excluding steroid dienone is 1. The molecule has 2 N–H and O–H groups in total. The number of ether oxygens (including phenoxy) is 1. The smallest absolute Gasteiger partial charge is 0.416 e. The van der Waals surface area contributed by atoms with Gasteiger partial charge >= 0.3 is 6.18 Å². The number of nitriles is 1. The number of hydrogen-bond donors (Lipinski definition) is 2. The molecular weight excluding hydrogens is 445 g/mol. The zero-order valence-electron chi connectivity index (χ0n) is 17.5. The maximum atomic E-state index is 13.4. The number of aromatic nitrogens is 4. The first-order valence-corrected chi connectivity index (χ1v) is 10.1. The molecule has 10 heteroatoms.